The molecule has 4 rings (SSSR count). The van der Waals surface area contributed by atoms with Crippen molar-refractivity contribution in [3.05, 3.63) is 95.6 Å². The lowest BCUT2D eigenvalue weighted by molar-refractivity contribution is -0.131. The molecule has 5 N–H and O–H groups in total. The summed E-state index contributed by atoms with van der Waals surface area (Å²) in [4.78, 5) is 45.9. The van der Waals surface area contributed by atoms with Gasteiger partial charge in [-0.2, -0.15) is 0 Å². The second kappa shape index (κ2) is 15.2. The van der Waals surface area contributed by atoms with Gasteiger partial charge in [0, 0.05) is 42.7 Å². The molecule has 11 heteroatoms. The van der Waals surface area contributed by atoms with Crippen LogP contribution in [0.3, 0.4) is 0 Å². The van der Waals surface area contributed by atoms with E-state index in [0.717, 1.165) is 30.4 Å². The summed E-state index contributed by atoms with van der Waals surface area (Å²) in [5, 5.41) is 21.7. The second-order valence-corrected chi connectivity index (χ2v) is 10.6. The number of nitrogens with two attached hydrogens (primary N) is 1. The van der Waals surface area contributed by atoms with Gasteiger partial charge >= 0.3 is 6.03 Å². The molecule has 1 aliphatic rings. The monoisotopic (exact) mass is 591 g/mol. The first-order chi connectivity index (χ1) is 20.8. The highest BCUT2D eigenvalue weighted by Crippen LogP contribution is 2.38. The summed E-state index contributed by atoms with van der Waals surface area (Å²) >= 11 is 0. The number of pyridine rings is 1. The number of primary amides is 1. The van der Waals surface area contributed by atoms with Crippen LogP contribution in [-0.2, 0) is 16.1 Å². The fraction of sp³-hybridized carbons (Fsp3) is 0.375. The molecule has 3 aromatic rings. The topological polar surface area (TPSA) is 149 Å². The van der Waals surface area contributed by atoms with E-state index < -0.39 is 23.8 Å². The molecule has 0 bridgehead atoms. The third-order valence-corrected chi connectivity index (χ3v) is 7.82. The second-order valence-electron chi connectivity index (χ2n) is 10.6. The van der Waals surface area contributed by atoms with Crippen LogP contribution in [0, 0.1) is 11.7 Å². The van der Waals surface area contributed by atoms with Gasteiger partial charge in [0.1, 0.15) is 11.9 Å². The molecule has 1 heterocycles. The van der Waals surface area contributed by atoms with Gasteiger partial charge in [0.25, 0.3) is 0 Å². The normalized spacial score (nSPS) is 17.1. The van der Waals surface area contributed by atoms with Gasteiger partial charge in [-0.25, -0.2) is 9.18 Å². The largest absolute Gasteiger partial charge is 0.395 e. The number of carbonyl (C=O) groups excluding carboxylic acids is 3. The number of aromatic nitrogens is 1. The Balaban J connectivity index is 1.53. The highest BCUT2D eigenvalue weighted by Gasteiger charge is 2.34. The average molecular weight is 592 g/mol. The number of urea groups is 1. The number of rotatable bonds is 12. The van der Waals surface area contributed by atoms with Gasteiger partial charge in [-0.05, 0) is 60.2 Å². The molecule has 1 fully saturated rings. The van der Waals surface area contributed by atoms with E-state index in [0.29, 0.717) is 17.7 Å². The predicted octanol–water partition coefficient (Wildman–Crippen LogP) is 3.25. The van der Waals surface area contributed by atoms with Crippen LogP contribution in [0.5, 0.6) is 0 Å². The zero-order valence-corrected chi connectivity index (χ0v) is 23.9. The van der Waals surface area contributed by atoms with Crippen LogP contribution < -0.4 is 16.0 Å². The number of hydrogen-bond donors (Lipinski definition) is 4. The summed E-state index contributed by atoms with van der Waals surface area (Å²) in [7, 11) is 0. The van der Waals surface area contributed by atoms with Crippen LogP contribution in [0.2, 0.25) is 0 Å². The lowest BCUT2D eigenvalue weighted by Gasteiger charge is -2.32. The van der Waals surface area contributed by atoms with Crippen molar-refractivity contribution in [2.24, 2.45) is 11.7 Å². The van der Waals surface area contributed by atoms with Crippen molar-refractivity contribution in [2.45, 2.75) is 44.2 Å². The maximum atomic E-state index is 13.6. The Bertz CT molecular complexity index is 1350. The van der Waals surface area contributed by atoms with E-state index in [1.54, 1.807) is 18.3 Å². The molecule has 0 radical (unpaired) electrons. The summed E-state index contributed by atoms with van der Waals surface area (Å²) in [6.45, 7) is -0.290. The van der Waals surface area contributed by atoms with Crippen molar-refractivity contribution in [3.8, 4) is 0 Å². The molecule has 0 saturated heterocycles. The SMILES string of the molecule is NC(=O)C(NC(=O)C1CCCCC1c1ccc(CN(C(=O)N(CCO)CCO)c2ccc(F)cc2)cc1)c1cccnc1. The number of nitrogens with one attached hydrogen (secondary N) is 1. The molecule has 1 aliphatic carbocycles. The molecule has 3 unspecified atom stereocenters. The van der Waals surface area contributed by atoms with Gasteiger partial charge in [0.05, 0.1) is 19.8 Å². The van der Waals surface area contributed by atoms with Crippen molar-refractivity contribution >= 4 is 23.5 Å². The summed E-state index contributed by atoms with van der Waals surface area (Å²) < 4.78 is 13.6. The number of nitrogens with zero attached hydrogens (tertiary/aromatic N) is 3. The van der Waals surface area contributed by atoms with Crippen LogP contribution in [0.15, 0.2) is 73.1 Å². The van der Waals surface area contributed by atoms with Crippen molar-refractivity contribution in [1.29, 1.82) is 0 Å². The zero-order chi connectivity index (χ0) is 30.8. The third-order valence-electron chi connectivity index (χ3n) is 7.82. The molecule has 1 saturated carbocycles. The van der Waals surface area contributed by atoms with Crippen molar-refractivity contribution < 1.29 is 29.0 Å². The van der Waals surface area contributed by atoms with Gasteiger partial charge in [0.2, 0.25) is 11.8 Å². The number of anilines is 1. The van der Waals surface area contributed by atoms with Crippen molar-refractivity contribution in [1.82, 2.24) is 15.2 Å². The van der Waals surface area contributed by atoms with Gasteiger partial charge < -0.3 is 26.2 Å². The Morgan fingerprint density at radius 3 is 2.26 bits per heavy atom. The number of aliphatic hydroxyl groups is 2. The minimum absolute atomic E-state index is 0.0402. The van der Waals surface area contributed by atoms with Crippen LogP contribution in [0.1, 0.15) is 54.3 Å². The smallest absolute Gasteiger partial charge is 0.324 e. The minimum atomic E-state index is -0.975. The highest BCUT2D eigenvalue weighted by molar-refractivity contribution is 5.92. The molecule has 1 aromatic heterocycles. The Kier molecular flexibility index (Phi) is 11.2. The molecule has 2 aromatic carbocycles. The Labute approximate surface area is 250 Å². The first-order valence-corrected chi connectivity index (χ1v) is 14.4. The zero-order valence-electron chi connectivity index (χ0n) is 23.9. The lowest BCUT2D eigenvalue weighted by atomic mass is 9.74. The molecule has 228 valence electrons. The van der Waals surface area contributed by atoms with E-state index in [1.165, 1.54) is 40.3 Å². The molecule has 43 heavy (non-hydrogen) atoms. The summed E-state index contributed by atoms with van der Waals surface area (Å²) in [6.07, 6.45) is 6.45. The molecular weight excluding hydrogens is 553 g/mol. The number of amides is 4. The number of hydrogen-bond acceptors (Lipinski definition) is 6. The Morgan fingerprint density at radius 1 is 0.977 bits per heavy atom. The van der Waals surface area contributed by atoms with Gasteiger partial charge in [0.15, 0.2) is 0 Å². The number of benzene rings is 2. The summed E-state index contributed by atoms with van der Waals surface area (Å²) in [6, 6.07) is 15.2. The van der Waals surface area contributed by atoms with Crippen molar-refractivity contribution in [3.63, 3.8) is 0 Å². The predicted molar refractivity (Wildman–Crippen MR) is 159 cm³/mol. The number of aliphatic hydroxyl groups excluding tert-OH is 2. The molecular formula is C32H38FN5O5. The van der Waals surface area contributed by atoms with Crippen LogP contribution in [0.25, 0.3) is 0 Å². The fourth-order valence-corrected chi connectivity index (χ4v) is 5.62. The lowest BCUT2D eigenvalue weighted by Crippen LogP contribution is -2.45. The fourth-order valence-electron chi connectivity index (χ4n) is 5.62. The van der Waals surface area contributed by atoms with E-state index in [1.807, 2.05) is 24.3 Å². The number of carbonyl (C=O) groups is 3. The Morgan fingerprint density at radius 2 is 1.65 bits per heavy atom. The van der Waals surface area contributed by atoms with Crippen LogP contribution in [0.4, 0.5) is 14.9 Å². The molecule has 10 nitrogen and oxygen atoms in total. The Hall–Kier alpha value is -4.35. The third kappa shape index (κ3) is 8.14. The van der Waals surface area contributed by atoms with E-state index in [2.05, 4.69) is 10.3 Å². The minimum Gasteiger partial charge on any atom is -0.395 e. The standard InChI is InChI=1S/C32H38FN5O5/c33-25-11-13-26(14-12-25)38(32(43)37(16-18-39)17-19-40)21-22-7-9-23(10-8-22)27-5-1-2-6-28(27)31(42)36-29(30(34)41)24-4-3-15-35-20-24/h3-4,7-15,20,27-29,39-40H,1-2,5-6,16-19,21H2,(H2,34,41)(H,36,42). The highest BCUT2D eigenvalue weighted by atomic mass is 19.1. The van der Waals surface area contributed by atoms with E-state index >= 15 is 0 Å². The molecule has 4 amide bonds. The molecule has 3 atom stereocenters. The van der Waals surface area contributed by atoms with Gasteiger partial charge in [-0.3, -0.25) is 19.5 Å². The van der Waals surface area contributed by atoms with E-state index in [-0.39, 0.29) is 50.6 Å². The van der Waals surface area contributed by atoms with Crippen molar-refractivity contribution in [2.75, 3.05) is 31.2 Å². The van der Waals surface area contributed by atoms with Crippen LogP contribution in [-0.4, -0.2) is 64.2 Å². The quantitative estimate of drug-likeness (QED) is 0.254. The van der Waals surface area contributed by atoms with E-state index in [4.69, 9.17) is 5.73 Å². The maximum Gasteiger partial charge on any atom is 0.324 e. The average Bonchev–Trinajstić information content (AvgIpc) is 3.03. The molecule has 0 aliphatic heterocycles. The molecule has 0 spiro atoms. The van der Waals surface area contributed by atoms with Gasteiger partial charge in [-0.1, -0.05) is 43.2 Å². The summed E-state index contributed by atoms with van der Waals surface area (Å²) in [5.74, 6) is -1.74. The first-order valence-electron chi connectivity index (χ1n) is 14.4. The van der Waals surface area contributed by atoms with Crippen LogP contribution >= 0.6 is 0 Å². The first kappa shape index (κ1) is 31.6. The number of halogens is 1. The summed E-state index contributed by atoms with van der Waals surface area (Å²) in [5.41, 5.74) is 8.39. The maximum absolute atomic E-state index is 13.6. The van der Waals surface area contributed by atoms with E-state index in [9.17, 15) is 29.0 Å². The van der Waals surface area contributed by atoms with Gasteiger partial charge in [-0.15, -0.1) is 0 Å².